The van der Waals surface area contributed by atoms with E-state index in [0.717, 1.165) is 31.7 Å². The van der Waals surface area contributed by atoms with Crippen LogP contribution in [0.25, 0.3) is 0 Å². The summed E-state index contributed by atoms with van der Waals surface area (Å²) in [6, 6.07) is 3.26. The van der Waals surface area contributed by atoms with Crippen LogP contribution < -0.4 is 5.32 Å². The lowest BCUT2D eigenvalue weighted by Crippen LogP contribution is -2.22. The highest BCUT2D eigenvalue weighted by atomic mass is 28.3. The third kappa shape index (κ3) is 4.83. The molecule has 1 aliphatic carbocycles. The first-order valence-electron chi connectivity index (χ1n) is 7.90. The molecule has 2 atom stereocenters. The van der Waals surface area contributed by atoms with Crippen molar-refractivity contribution in [1.29, 1.82) is 0 Å². The van der Waals surface area contributed by atoms with Crippen LogP contribution in [0.3, 0.4) is 0 Å². The van der Waals surface area contributed by atoms with Crippen molar-refractivity contribution >= 4 is 13.9 Å². The molecule has 0 bridgehead atoms. The van der Waals surface area contributed by atoms with Crippen LogP contribution in [0.2, 0.25) is 25.7 Å². The van der Waals surface area contributed by atoms with Gasteiger partial charge in [-0.1, -0.05) is 19.6 Å². The zero-order chi connectivity index (χ0) is 15.5. The van der Waals surface area contributed by atoms with E-state index in [0.29, 0.717) is 12.6 Å². The number of hydrogen-bond donors (Lipinski definition) is 2. The molecule has 2 unspecified atom stereocenters. The Labute approximate surface area is 128 Å². The van der Waals surface area contributed by atoms with E-state index < -0.39 is 8.07 Å². The van der Waals surface area contributed by atoms with Crippen molar-refractivity contribution in [2.75, 3.05) is 19.0 Å². The normalized spacial score (nSPS) is 22.7. The first-order valence-corrected chi connectivity index (χ1v) is 11.6. The minimum absolute atomic E-state index is 0.163. The molecular formula is C15H29N3O2Si. The van der Waals surface area contributed by atoms with Gasteiger partial charge in [-0.15, -0.1) is 0 Å². The Kier molecular flexibility index (Phi) is 5.46. The number of anilines is 1. The molecule has 0 saturated heterocycles. The molecule has 120 valence electrons. The second kappa shape index (κ2) is 6.94. The third-order valence-corrected chi connectivity index (χ3v) is 5.80. The molecule has 2 rings (SSSR count). The van der Waals surface area contributed by atoms with Crippen LogP contribution in [0.4, 0.5) is 5.82 Å². The molecule has 0 amide bonds. The Bertz CT molecular complexity index is 456. The largest absolute Gasteiger partial charge is 0.393 e. The van der Waals surface area contributed by atoms with Gasteiger partial charge in [-0.3, -0.25) is 0 Å². The van der Waals surface area contributed by atoms with Gasteiger partial charge in [0.15, 0.2) is 0 Å². The summed E-state index contributed by atoms with van der Waals surface area (Å²) in [4.78, 5) is 0. The Morgan fingerprint density at radius 3 is 2.76 bits per heavy atom. The van der Waals surface area contributed by atoms with Gasteiger partial charge in [-0.25, -0.2) is 4.68 Å². The van der Waals surface area contributed by atoms with Crippen molar-refractivity contribution in [2.24, 2.45) is 0 Å². The fraction of sp³-hybridized carbons (Fsp3) is 0.800. The first-order chi connectivity index (χ1) is 9.89. The lowest BCUT2D eigenvalue weighted by atomic mass is 10.0. The number of hydrogen-bond acceptors (Lipinski definition) is 4. The van der Waals surface area contributed by atoms with E-state index >= 15 is 0 Å². The minimum Gasteiger partial charge on any atom is -0.393 e. The maximum Gasteiger partial charge on any atom is 0.148 e. The predicted molar refractivity (Wildman–Crippen MR) is 88.5 cm³/mol. The molecule has 1 fully saturated rings. The molecule has 21 heavy (non-hydrogen) atoms. The SMILES string of the molecule is CNc1cc(C2CCC(O)C2)n(COCC[Si](C)(C)C)n1. The van der Waals surface area contributed by atoms with Crippen molar-refractivity contribution in [3.63, 3.8) is 0 Å². The number of aliphatic hydroxyl groups is 1. The summed E-state index contributed by atoms with van der Waals surface area (Å²) >= 11 is 0. The summed E-state index contributed by atoms with van der Waals surface area (Å²) in [5.74, 6) is 1.27. The highest BCUT2D eigenvalue weighted by molar-refractivity contribution is 6.76. The van der Waals surface area contributed by atoms with Crippen molar-refractivity contribution in [3.8, 4) is 0 Å². The van der Waals surface area contributed by atoms with Gasteiger partial charge in [0.05, 0.1) is 6.10 Å². The first kappa shape index (κ1) is 16.5. The molecule has 1 aromatic heterocycles. The van der Waals surface area contributed by atoms with Crippen molar-refractivity contribution in [2.45, 2.75) is 63.7 Å². The summed E-state index contributed by atoms with van der Waals surface area (Å²) < 4.78 is 7.78. The average molecular weight is 312 g/mol. The van der Waals surface area contributed by atoms with Crippen LogP contribution in [0.5, 0.6) is 0 Å². The number of aliphatic hydroxyl groups excluding tert-OH is 1. The lowest BCUT2D eigenvalue weighted by Gasteiger charge is -2.17. The molecule has 1 saturated carbocycles. The van der Waals surface area contributed by atoms with Gasteiger partial charge in [-0.05, 0) is 25.3 Å². The van der Waals surface area contributed by atoms with Gasteiger partial charge in [0.2, 0.25) is 0 Å². The van der Waals surface area contributed by atoms with Gasteiger partial charge >= 0.3 is 0 Å². The third-order valence-electron chi connectivity index (χ3n) is 4.10. The molecule has 0 aliphatic heterocycles. The van der Waals surface area contributed by atoms with Crippen molar-refractivity contribution < 1.29 is 9.84 Å². The van der Waals surface area contributed by atoms with Crippen LogP contribution in [0, 0.1) is 0 Å². The second-order valence-electron chi connectivity index (χ2n) is 7.22. The van der Waals surface area contributed by atoms with Gasteiger partial charge in [0.25, 0.3) is 0 Å². The molecule has 2 N–H and O–H groups in total. The van der Waals surface area contributed by atoms with Gasteiger partial charge < -0.3 is 15.2 Å². The van der Waals surface area contributed by atoms with Crippen molar-refractivity contribution in [3.05, 3.63) is 11.8 Å². The van der Waals surface area contributed by atoms with Crippen molar-refractivity contribution in [1.82, 2.24) is 9.78 Å². The van der Waals surface area contributed by atoms with Crippen LogP contribution in [0.1, 0.15) is 30.9 Å². The zero-order valence-corrected chi connectivity index (χ0v) is 14.7. The molecule has 0 radical (unpaired) electrons. The fourth-order valence-corrected chi connectivity index (χ4v) is 3.50. The number of ether oxygens (including phenoxy) is 1. The topological polar surface area (TPSA) is 59.3 Å². The maximum absolute atomic E-state index is 9.75. The molecule has 1 heterocycles. The highest BCUT2D eigenvalue weighted by Gasteiger charge is 2.27. The van der Waals surface area contributed by atoms with Gasteiger partial charge in [-0.2, -0.15) is 5.10 Å². The smallest absolute Gasteiger partial charge is 0.148 e. The lowest BCUT2D eigenvalue weighted by molar-refractivity contribution is 0.0756. The molecular weight excluding hydrogens is 282 g/mol. The molecule has 0 aromatic carbocycles. The number of nitrogens with zero attached hydrogens (tertiary/aromatic N) is 2. The molecule has 0 spiro atoms. The van der Waals surface area contributed by atoms with Crippen LogP contribution >= 0.6 is 0 Å². The summed E-state index contributed by atoms with van der Waals surface area (Å²) in [6.45, 7) is 8.38. The van der Waals surface area contributed by atoms with Crippen LogP contribution in [-0.4, -0.2) is 42.7 Å². The fourth-order valence-electron chi connectivity index (χ4n) is 2.74. The van der Waals surface area contributed by atoms with Crippen LogP contribution in [0.15, 0.2) is 6.07 Å². The quantitative estimate of drug-likeness (QED) is 0.600. The summed E-state index contributed by atoms with van der Waals surface area (Å²) in [5, 5.41) is 17.4. The van der Waals surface area contributed by atoms with E-state index in [1.807, 2.05) is 11.7 Å². The second-order valence-corrected chi connectivity index (χ2v) is 12.8. The predicted octanol–water partition coefficient (Wildman–Crippen LogP) is 2.87. The molecule has 1 aliphatic rings. The molecule has 1 aromatic rings. The Morgan fingerprint density at radius 2 is 2.19 bits per heavy atom. The molecule has 6 heteroatoms. The van der Waals surface area contributed by atoms with E-state index in [2.05, 4.69) is 36.1 Å². The summed E-state index contributed by atoms with van der Waals surface area (Å²) in [7, 11) is 0.836. The minimum atomic E-state index is -1.05. The molecule has 5 nitrogen and oxygen atoms in total. The monoisotopic (exact) mass is 311 g/mol. The number of aromatic nitrogens is 2. The van der Waals surface area contributed by atoms with Gasteiger partial charge in [0, 0.05) is 39.4 Å². The van der Waals surface area contributed by atoms with E-state index in [-0.39, 0.29) is 6.10 Å². The van der Waals surface area contributed by atoms with Gasteiger partial charge in [0.1, 0.15) is 12.5 Å². The maximum atomic E-state index is 9.75. The summed E-state index contributed by atoms with van der Waals surface area (Å²) in [6.07, 6.45) is 2.60. The van der Waals surface area contributed by atoms with E-state index in [4.69, 9.17) is 4.74 Å². The Balaban J connectivity index is 1.96. The van der Waals surface area contributed by atoms with E-state index in [9.17, 15) is 5.11 Å². The Morgan fingerprint density at radius 1 is 1.43 bits per heavy atom. The Hall–Kier alpha value is -0.853. The zero-order valence-electron chi connectivity index (χ0n) is 13.7. The number of rotatable bonds is 7. The summed E-state index contributed by atoms with van der Waals surface area (Å²) in [5.41, 5.74) is 1.18. The van der Waals surface area contributed by atoms with Crippen LogP contribution in [-0.2, 0) is 11.5 Å². The highest BCUT2D eigenvalue weighted by Crippen LogP contribution is 2.35. The van der Waals surface area contributed by atoms with E-state index in [1.54, 1.807) is 0 Å². The average Bonchev–Trinajstić information content (AvgIpc) is 2.99. The number of nitrogens with one attached hydrogen (secondary N) is 1. The standard InChI is InChI=1S/C15H29N3O2Si/c1-16-15-10-14(12-5-6-13(19)9-12)18(17-15)11-20-7-8-21(2,3)4/h10,12-13,19H,5-9,11H2,1-4H3,(H,16,17). The van der Waals surface area contributed by atoms with E-state index in [1.165, 1.54) is 11.7 Å².